The lowest BCUT2D eigenvalue weighted by atomic mass is 10.1. The molecule has 0 fully saturated rings. The molecule has 0 aliphatic rings. The van der Waals surface area contributed by atoms with Crippen LogP contribution in [0.5, 0.6) is 0 Å². The van der Waals surface area contributed by atoms with E-state index in [0.717, 1.165) is 34.6 Å². The number of tetrazole rings is 1. The number of nitrogens with zero attached hydrogens (tertiary/aromatic N) is 6. The van der Waals surface area contributed by atoms with Gasteiger partial charge < -0.3 is 5.73 Å². The van der Waals surface area contributed by atoms with E-state index >= 15 is 0 Å². The molecule has 0 unspecified atom stereocenters. The van der Waals surface area contributed by atoms with Crippen LogP contribution in [0.2, 0.25) is 0 Å². The van der Waals surface area contributed by atoms with E-state index in [4.69, 9.17) is 5.73 Å². The second-order valence-corrected chi connectivity index (χ2v) is 4.92. The van der Waals surface area contributed by atoms with E-state index in [2.05, 4.69) is 27.5 Å². The fourth-order valence-corrected chi connectivity index (χ4v) is 2.36. The minimum atomic E-state index is 0.669. The molecule has 0 aliphatic carbocycles. The highest BCUT2D eigenvalue weighted by Gasteiger charge is 2.17. The van der Waals surface area contributed by atoms with Crippen molar-refractivity contribution in [3.63, 3.8) is 0 Å². The summed E-state index contributed by atoms with van der Waals surface area (Å²) in [7, 11) is 1.89. The van der Waals surface area contributed by atoms with E-state index in [1.807, 2.05) is 38.4 Å². The molecule has 0 saturated heterocycles. The number of aromatic nitrogens is 6. The average molecular weight is 283 g/mol. The molecule has 0 atom stereocenters. The number of rotatable bonds is 3. The van der Waals surface area contributed by atoms with E-state index in [1.165, 1.54) is 0 Å². The fourth-order valence-electron chi connectivity index (χ4n) is 2.36. The van der Waals surface area contributed by atoms with Gasteiger partial charge >= 0.3 is 0 Å². The first-order chi connectivity index (χ1) is 10.1. The molecule has 0 amide bonds. The molecule has 1 aromatic carbocycles. The van der Waals surface area contributed by atoms with Gasteiger partial charge in [0.25, 0.3) is 0 Å². The fraction of sp³-hybridized carbons (Fsp3) is 0.286. The molecule has 108 valence electrons. The van der Waals surface area contributed by atoms with Gasteiger partial charge in [-0.3, -0.25) is 4.68 Å². The van der Waals surface area contributed by atoms with Gasteiger partial charge in [0.1, 0.15) is 5.69 Å². The van der Waals surface area contributed by atoms with Crippen molar-refractivity contribution < 1.29 is 0 Å². The van der Waals surface area contributed by atoms with Crippen LogP contribution in [0.3, 0.4) is 0 Å². The minimum absolute atomic E-state index is 0.669. The number of hydrogen-bond donors (Lipinski definition) is 1. The van der Waals surface area contributed by atoms with Crippen molar-refractivity contribution in [3.8, 4) is 17.1 Å². The molecular weight excluding hydrogens is 266 g/mol. The molecule has 21 heavy (non-hydrogen) atoms. The summed E-state index contributed by atoms with van der Waals surface area (Å²) in [5, 5.41) is 16.5. The Bertz CT molecular complexity index is 784. The molecule has 0 bridgehead atoms. The third-order valence-corrected chi connectivity index (χ3v) is 3.53. The van der Waals surface area contributed by atoms with E-state index < -0.39 is 0 Å². The van der Waals surface area contributed by atoms with Gasteiger partial charge in [-0.2, -0.15) is 9.78 Å². The van der Waals surface area contributed by atoms with E-state index in [0.29, 0.717) is 5.82 Å². The van der Waals surface area contributed by atoms with Crippen LogP contribution < -0.4 is 5.73 Å². The number of nitrogen functional groups attached to an aromatic ring is 1. The zero-order valence-electron chi connectivity index (χ0n) is 12.3. The first-order valence-electron chi connectivity index (χ1n) is 6.78. The van der Waals surface area contributed by atoms with Crippen molar-refractivity contribution in [3.05, 3.63) is 35.7 Å². The zero-order chi connectivity index (χ0) is 15.0. The molecular formula is C14H17N7. The summed E-state index contributed by atoms with van der Waals surface area (Å²) in [6.45, 7) is 4.02. The van der Waals surface area contributed by atoms with Crippen LogP contribution in [-0.2, 0) is 13.5 Å². The second-order valence-electron chi connectivity index (χ2n) is 4.92. The molecule has 7 heteroatoms. The number of hydrogen-bond acceptors (Lipinski definition) is 5. The van der Waals surface area contributed by atoms with Crippen LogP contribution in [0, 0.1) is 6.92 Å². The van der Waals surface area contributed by atoms with Crippen molar-refractivity contribution >= 4 is 5.69 Å². The van der Waals surface area contributed by atoms with Crippen LogP contribution >= 0.6 is 0 Å². The lowest BCUT2D eigenvalue weighted by Crippen LogP contribution is -2.03. The first-order valence-corrected chi connectivity index (χ1v) is 6.78. The van der Waals surface area contributed by atoms with E-state index in [1.54, 1.807) is 9.36 Å². The molecule has 0 aliphatic heterocycles. The Balaban J connectivity index is 2.19. The van der Waals surface area contributed by atoms with Crippen LogP contribution in [-0.4, -0.2) is 30.0 Å². The summed E-state index contributed by atoms with van der Waals surface area (Å²) in [5.41, 5.74) is 10.4. The lowest BCUT2D eigenvalue weighted by molar-refractivity contribution is 0.746. The Morgan fingerprint density at radius 1 is 1.29 bits per heavy atom. The largest absolute Gasteiger partial charge is 0.398 e. The summed E-state index contributed by atoms with van der Waals surface area (Å²) in [4.78, 5) is 0. The van der Waals surface area contributed by atoms with Gasteiger partial charge in [0.2, 0.25) is 0 Å². The number of aryl methyl sites for hydroxylation is 2. The van der Waals surface area contributed by atoms with Crippen LogP contribution in [0.15, 0.2) is 24.4 Å². The van der Waals surface area contributed by atoms with E-state index in [-0.39, 0.29) is 0 Å². The average Bonchev–Trinajstić information content (AvgIpc) is 3.07. The van der Waals surface area contributed by atoms with Crippen molar-refractivity contribution in [1.29, 1.82) is 0 Å². The van der Waals surface area contributed by atoms with E-state index in [9.17, 15) is 0 Å². The predicted octanol–water partition coefficient (Wildman–Crippen LogP) is 1.52. The van der Waals surface area contributed by atoms with Gasteiger partial charge in [-0.05, 0) is 35.4 Å². The molecule has 0 radical (unpaired) electrons. The van der Waals surface area contributed by atoms with Gasteiger partial charge in [0, 0.05) is 18.3 Å². The summed E-state index contributed by atoms with van der Waals surface area (Å²) in [6.07, 6.45) is 2.73. The summed E-state index contributed by atoms with van der Waals surface area (Å²) >= 11 is 0. The lowest BCUT2D eigenvalue weighted by Gasteiger charge is -2.08. The van der Waals surface area contributed by atoms with Gasteiger partial charge in [0.05, 0.1) is 11.9 Å². The van der Waals surface area contributed by atoms with Crippen LogP contribution in [0.1, 0.15) is 18.2 Å². The minimum Gasteiger partial charge on any atom is -0.398 e. The normalized spacial score (nSPS) is 11.0. The molecule has 2 N–H and O–H groups in total. The highest BCUT2D eigenvalue weighted by Crippen LogP contribution is 2.27. The Morgan fingerprint density at radius 3 is 2.86 bits per heavy atom. The van der Waals surface area contributed by atoms with Gasteiger partial charge in [-0.1, -0.05) is 19.1 Å². The monoisotopic (exact) mass is 283 g/mol. The Morgan fingerprint density at radius 2 is 2.10 bits per heavy atom. The summed E-state index contributed by atoms with van der Waals surface area (Å²) < 4.78 is 3.49. The maximum atomic E-state index is 5.98. The zero-order valence-corrected chi connectivity index (χ0v) is 12.3. The SMILES string of the molecule is CCc1nn(C)cc1-n1nnnc1-c1cccc(N)c1C. The Kier molecular flexibility index (Phi) is 3.17. The summed E-state index contributed by atoms with van der Waals surface area (Å²) in [5.74, 6) is 0.669. The number of nitrogens with two attached hydrogens (primary N) is 1. The molecule has 2 heterocycles. The smallest absolute Gasteiger partial charge is 0.187 e. The van der Waals surface area contributed by atoms with Gasteiger partial charge in [-0.15, -0.1) is 5.10 Å². The van der Waals surface area contributed by atoms with Crippen LogP contribution in [0.4, 0.5) is 5.69 Å². The quantitative estimate of drug-likeness (QED) is 0.736. The number of benzene rings is 1. The van der Waals surface area contributed by atoms with Gasteiger partial charge in [0.15, 0.2) is 5.82 Å². The second kappa shape index (κ2) is 5.01. The molecule has 2 aromatic heterocycles. The Hall–Kier alpha value is -2.70. The van der Waals surface area contributed by atoms with Crippen LogP contribution in [0.25, 0.3) is 17.1 Å². The third-order valence-electron chi connectivity index (χ3n) is 3.53. The third kappa shape index (κ3) is 2.16. The maximum Gasteiger partial charge on any atom is 0.187 e. The standard InChI is InChI=1S/C14H17N7/c1-4-12-13(8-20(3)17-12)21-14(16-18-19-21)10-6-5-7-11(15)9(10)2/h5-8H,4,15H2,1-3H3. The molecule has 3 rings (SSSR count). The first kappa shape index (κ1) is 13.3. The highest BCUT2D eigenvalue weighted by molar-refractivity contribution is 5.68. The van der Waals surface area contributed by atoms with Gasteiger partial charge in [-0.25, -0.2) is 0 Å². The Labute approximate surface area is 122 Å². The molecule has 3 aromatic rings. The molecule has 7 nitrogen and oxygen atoms in total. The summed E-state index contributed by atoms with van der Waals surface area (Å²) in [6, 6.07) is 5.74. The highest BCUT2D eigenvalue weighted by atomic mass is 15.5. The number of anilines is 1. The molecule has 0 saturated carbocycles. The molecule has 0 spiro atoms. The van der Waals surface area contributed by atoms with Crippen molar-refractivity contribution in [1.82, 2.24) is 30.0 Å². The topological polar surface area (TPSA) is 87.4 Å². The predicted molar refractivity (Wildman–Crippen MR) is 79.9 cm³/mol. The van der Waals surface area contributed by atoms with Crippen molar-refractivity contribution in [2.45, 2.75) is 20.3 Å². The van der Waals surface area contributed by atoms with Crippen molar-refractivity contribution in [2.75, 3.05) is 5.73 Å². The maximum absolute atomic E-state index is 5.98. The van der Waals surface area contributed by atoms with Crippen molar-refractivity contribution in [2.24, 2.45) is 7.05 Å².